The molecule has 0 radical (unpaired) electrons. The fourth-order valence-corrected chi connectivity index (χ4v) is 2.15. The lowest BCUT2D eigenvalue weighted by Gasteiger charge is -2.31. The first-order chi connectivity index (χ1) is 5.58. The first kappa shape index (κ1) is 10.3. The van der Waals surface area contributed by atoms with Gasteiger partial charge in [-0.2, -0.15) is 0 Å². The van der Waals surface area contributed by atoms with Crippen molar-refractivity contribution in [2.45, 2.75) is 43.9 Å². The largest absolute Gasteiger partial charge is 0.279 e. The standard InChI is InChI=1S/C9H14Cl2O/c1-2-7-3-5-9(11,6-4-7)8(10)12/h7H,2-6H2,1H3. The monoisotopic (exact) mass is 208 g/mol. The molecule has 70 valence electrons. The molecule has 1 saturated carbocycles. The summed E-state index contributed by atoms with van der Waals surface area (Å²) in [4.78, 5) is 10.2. The molecule has 1 aliphatic carbocycles. The van der Waals surface area contributed by atoms with Gasteiger partial charge >= 0.3 is 0 Å². The van der Waals surface area contributed by atoms with Crippen LogP contribution in [0.4, 0.5) is 0 Å². The Morgan fingerprint density at radius 1 is 1.50 bits per heavy atom. The van der Waals surface area contributed by atoms with Gasteiger partial charge in [0.15, 0.2) is 0 Å². The molecule has 0 aromatic heterocycles. The number of carbonyl (C=O) groups is 1. The van der Waals surface area contributed by atoms with E-state index in [0.29, 0.717) is 0 Å². The Bertz CT molecular complexity index is 171. The van der Waals surface area contributed by atoms with E-state index in [9.17, 15) is 4.79 Å². The Labute approximate surface area is 83.4 Å². The van der Waals surface area contributed by atoms with Gasteiger partial charge in [0.1, 0.15) is 4.87 Å². The van der Waals surface area contributed by atoms with E-state index in [1.54, 1.807) is 0 Å². The fourth-order valence-electron chi connectivity index (χ4n) is 1.74. The smallest absolute Gasteiger partial charge is 0.242 e. The highest BCUT2D eigenvalue weighted by Crippen LogP contribution is 2.39. The van der Waals surface area contributed by atoms with Crippen molar-refractivity contribution < 1.29 is 4.79 Å². The van der Waals surface area contributed by atoms with E-state index in [4.69, 9.17) is 23.2 Å². The Hall–Kier alpha value is 0.250. The van der Waals surface area contributed by atoms with E-state index in [1.807, 2.05) is 0 Å². The highest BCUT2D eigenvalue weighted by atomic mass is 35.5. The molecule has 0 saturated heterocycles. The second-order valence-corrected chi connectivity index (χ2v) is 4.66. The molecule has 0 spiro atoms. The molecular formula is C9H14Cl2O. The van der Waals surface area contributed by atoms with Crippen molar-refractivity contribution in [1.29, 1.82) is 0 Å². The molecule has 0 amide bonds. The van der Waals surface area contributed by atoms with Gasteiger partial charge in [0, 0.05) is 0 Å². The topological polar surface area (TPSA) is 17.1 Å². The molecule has 3 heteroatoms. The highest BCUT2D eigenvalue weighted by Gasteiger charge is 2.38. The van der Waals surface area contributed by atoms with Gasteiger partial charge in [-0.1, -0.05) is 13.3 Å². The quantitative estimate of drug-likeness (QED) is 0.503. The van der Waals surface area contributed by atoms with Gasteiger partial charge in [-0.05, 0) is 43.2 Å². The number of carbonyl (C=O) groups excluding carboxylic acids is 1. The zero-order valence-corrected chi connectivity index (χ0v) is 8.79. The Balaban J connectivity index is 2.49. The molecule has 0 atom stereocenters. The minimum absolute atomic E-state index is 0.376. The number of rotatable bonds is 2. The normalized spacial score (nSPS) is 36.4. The molecule has 1 fully saturated rings. The third-order valence-corrected chi connectivity index (χ3v) is 3.84. The van der Waals surface area contributed by atoms with E-state index in [0.717, 1.165) is 31.6 Å². The van der Waals surface area contributed by atoms with E-state index < -0.39 is 4.87 Å². The highest BCUT2D eigenvalue weighted by molar-refractivity contribution is 6.70. The molecule has 0 N–H and O–H groups in total. The Morgan fingerprint density at radius 3 is 2.33 bits per heavy atom. The summed E-state index contributed by atoms with van der Waals surface area (Å²) in [5.74, 6) is 0.743. The summed E-state index contributed by atoms with van der Waals surface area (Å²) < 4.78 is 0. The van der Waals surface area contributed by atoms with Gasteiger partial charge in [0.05, 0.1) is 0 Å². The van der Waals surface area contributed by atoms with E-state index >= 15 is 0 Å². The van der Waals surface area contributed by atoms with Crippen LogP contribution in [0, 0.1) is 5.92 Å². The fraction of sp³-hybridized carbons (Fsp3) is 0.889. The molecule has 1 rings (SSSR count). The molecule has 1 aliphatic rings. The summed E-state index contributed by atoms with van der Waals surface area (Å²) >= 11 is 11.5. The third-order valence-electron chi connectivity index (χ3n) is 2.83. The predicted molar refractivity (Wildman–Crippen MR) is 51.7 cm³/mol. The predicted octanol–water partition coefficient (Wildman–Crippen LogP) is 3.33. The average molecular weight is 209 g/mol. The maximum Gasteiger partial charge on any atom is 0.242 e. The van der Waals surface area contributed by atoms with E-state index in [1.165, 1.54) is 6.42 Å². The second kappa shape index (κ2) is 3.97. The summed E-state index contributed by atoms with van der Waals surface area (Å²) in [6.45, 7) is 2.18. The molecule has 1 nitrogen and oxygen atoms in total. The van der Waals surface area contributed by atoms with Crippen LogP contribution in [0.2, 0.25) is 0 Å². The summed E-state index contributed by atoms with van der Waals surface area (Å²) in [6, 6.07) is 0. The number of hydrogen-bond donors (Lipinski definition) is 0. The SMILES string of the molecule is CCC1CCC(Cl)(C(=O)Cl)CC1. The van der Waals surface area contributed by atoms with Gasteiger partial charge < -0.3 is 0 Å². The van der Waals surface area contributed by atoms with Gasteiger partial charge in [-0.3, -0.25) is 4.79 Å². The average Bonchev–Trinajstić information content (AvgIpc) is 2.06. The minimum Gasteiger partial charge on any atom is -0.279 e. The van der Waals surface area contributed by atoms with Gasteiger partial charge in [0.2, 0.25) is 5.24 Å². The third kappa shape index (κ3) is 2.14. The lowest BCUT2D eigenvalue weighted by molar-refractivity contribution is -0.115. The minimum atomic E-state index is -0.743. The second-order valence-electron chi connectivity index (χ2n) is 3.59. The van der Waals surface area contributed by atoms with Crippen LogP contribution in [0.5, 0.6) is 0 Å². The molecule has 0 aromatic carbocycles. The van der Waals surface area contributed by atoms with Crippen molar-refractivity contribution >= 4 is 28.4 Å². The van der Waals surface area contributed by atoms with Crippen LogP contribution in [0.3, 0.4) is 0 Å². The number of halogens is 2. The Morgan fingerprint density at radius 2 is 2.00 bits per heavy atom. The van der Waals surface area contributed by atoms with Crippen LogP contribution >= 0.6 is 23.2 Å². The molecule has 0 aliphatic heterocycles. The van der Waals surface area contributed by atoms with Crippen molar-refractivity contribution in [3.8, 4) is 0 Å². The summed E-state index contributed by atoms with van der Waals surface area (Å²) in [7, 11) is 0. The molecular weight excluding hydrogens is 195 g/mol. The number of alkyl halides is 1. The molecule has 0 aromatic rings. The van der Waals surface area contributed by atoms with Crippen molar-refractivity contribution in [3.05, 3.63) is 0 Å². The lowest BCUT2D eigenvalue weighted by atomic mass is 9.81. The zero-order chi connectivity index (χ0) is 9.19. The van der Waals surface area contributed by atoms with E-state index in [-0.39, 0.29) is 5.24 Å². The van der Waals surface area contributed by atoms with Crippen molar-refractivity contribution in [2.24, 2.45) is 5.92 Å². The van der Waals surface area contributed by atoms with Gasteiger partial charge in [-0.25, -0.2) is 0 Å². The maximum absolute atomic E-state index is 10.9. The van der Waals surface area contributed by atoms with Crippen LogP contribution in [-0.4, -0.2) is 10.1 Å². The Kier molecular flexibility index (Phi) is 3.42. The lowest BCUT2D eigenvalue weighted by Crippen LogP contribution is -2.33. The molecule has 0 heterocycles. The van der Waals surface area contributed by atoms with Crippen LogP contribution < -0.4 is 0 Å². The van der Waals surface area contributed by atoms with Crippen LogP contribution in [0.15, 0.2) is 0 Å². The van der Waals surface area contributed by atoms with Crippen LogP contribution in [0.1, 0.15) is 39.0 Å². The maximum atomic E-state index is 10.9. The summed E-state index contributed by atoms with van der Waals surface area (Å²) in [5, 5.41) is -0.376. The van der Waals surface area contributed by atoms with Crippen molar-refractivity contribution in [1.82, 2.24) is 0 Å². The first-order valence-corrected chi connectivity index (χ1v) is 5.23. The summed E-state index contributed by atoms with van der Waals surface area (Å²) in [5.41, 5.74) is 0. The number of hydrogen-bond acceptors (Lipinski definition) is 1. The molecule has 0 bridgehead atoms. The first-order valence-electron chi connectivity index (χ1n) is 4.47. The summed E-state index contributed by atoms with van der Waals surface area (Å²) in [6.07, 6.45) is 4.76. The van der Waals surface area contributed by atoms with Gasteiger partial charge in [0.25, 0.3) is 0 Å². The zero-order valence-electron chi connectivity index (χ0n) is 7.28. The van der Waals surface area contributed by atoms with Crippen molar-refractivity contribution in [2.75, 3.05) is 0 Å². The molecule has 12 heavy (non-hydrogen) atoms. The molecule has 0 unspecified atom stereocenters. The van der Waals surface area contributed by atoms with Gasteiger partial charge in [-0.15, -0.1) is 11.6 Å². The van der Waals surface area contributed by atoms with Crippen molar-refractivity contribution in [3.63, 3.8) is 0 Å². The van der Waals surface area contributed by atoms with Crippen LogP contribution in [0.25, 0.3) is 0 Å². The van der Waals surface area contributed by atoms with E-state index in [2.05, 4.69) is 6.92 Å². The van der Waals surface area contributed by atoms with Crippen LogP contribution in [-0.2, 0) is 4.79 Å².